The Labute approximate surface area is 143 Å². The van der Waals surface area contributed by atoms with Crippen LogP contribution in [0.1, 0.15) is 30.4 Å². The molecule has 0 spiro atoms. The lowest BCUT2D eigenvalue weighted by Gasteiger charge is -2.29. The van der Waals surface area contributed by atoms with E-state index in [0.717, 1.165) is 19.3 Å². The zero-order valence-corrected chi connectivity index (χ0v) is 14.7. The second kappa shape index (κ2) is 6.78. The number of halogens is 1. The molecule has 1 aromatic rings. The van der Waals surface area contributed by atoms with E-state index in [1.165, 1.54) is 0 Å². The van der Waals surface area contributed by atoms with Crippen LogP contribution in [0.25, 0.3) is 0 Å². The van der Waals surface area contributed by atoms with Crippen LogP contribution in [-0.2, 0) is 10.0 Å². The fraction of sp³-hybridized carbons (Fsp3) is 0.562. The molecular weight excluding hydrogens is 334 g/mol. The van der Waals surface area contributed by atoms with Crippen LogP contribution in [0.15, 0.2) is 23.1 Å². The van der Waals surface area contributed by atoms with Crippen molar-refractivity contribution in [3.8, 4) is 6.07 Å². The number of nitrogens with two attached hydrogens (primary N) is 1. The van der Waals surface area contributed by atoms with Gasteiger partial charge in [0, 0.05) is 19.1 Å². The van der Waals surface area contributed by atoms with Crippen LogP contribution in [0.2, 0.25) is 0 Å². The van der Waals surface area contributed by atoms with Crippen LogP contribution in [0.3, 0.4) is 0 Å². The maximum Gasteiger partial charge on any atom is 0.243 e. The van der Waals surface area contributed by atoms with E-state index in [9.17, 15) is 8.42 Å². The predicted octanol–water partition coefficient (Wildman–Crippen LogP) is 2.04. The van der Waals surface area contributed by atoms with Crippen LogP contribution < -0.4 is 5.73 Å². The lowest BCUT2D eigenvalue weighted by Crippen LogP contribution is -2.38. The number of hydrogen-bond acceptors (Lipinski definition) is 4. The van der Waals surface area contributed by atoms with Crippen LogP contribution in [0.5, 0.6) is 0 Å². The number of sulfonamides is 1. The van der Waals surface area contributed by atoms with Gasteiger partial charge in [-0.2, -0.15) is 9.57 Å². The van der Waals surface area contributed by atoms with Crippen LogP contribution in [-0.4, -0.2) is 31.9 Å². The quantitative estimate of drug-likeness (QED) is 0.879. The van der Waals surface area contributed by atoms with Gasteiger partial charge in [-0.15, -0.1) is 12.4 Å². The fourth-order valence-electron chi connectivity index (χ4n) is 3.82. The molecule has 1 heterocycles. The van der Waals surface area contributed by atoms with E-state index in [2.05, 4.69) is 0 Å². The summed E-state index contributed by atoms with van der Waals surface area (Å²) in [6.07, 6.45) is 3.15. The minimum atomic E-state index is -3.51. The molecule has 0 aromatic heterocycles. The summed E-state index contributed by atoms with van der Waals surface area (Å²) >= 11 is 0. The number of benzene rings is 1. The minimum absolute atomic E-state index is 0. The molecule has 2 fully saturated rings. The molecule has 2 aliphatic rings. The molecule has 1 aromatic carbocycles. The first-order valence-electron chi connectivity index (χ1n) is 7.70. The molecule has 1 aliphatic carbocycles. The largest absolute Gasteiger partial charge is 0.327 e. The van der Waals surface area contributed by atoms with Crippen molar-refractivity contribution < 1.29 is 8.42 Å². The zero-order chi connectivity index (χ0) is 15.9. The van der Waals surface area contributed by atoms with Gasteiger partial charge in [-0.05, 0) is 55.4 Å². The maximum absolute atomic E-state index is 12.9. The number of aryl methyl sites for hydroxylation is 1. The van der Waals surface area contributed by atoms with Crippen molar-refractivity contribution in [3.63, 3.8) is 0 Å². The summed E-state index contributed by atoms with van der Waals surface area (Å²) in [5, 5.41) is 8.91. The minimum Gasteiger partial charge on any atom is -0.327 e. The van der Waals surface area contributed by atoms with Crippen molar-refractivity contribution in [1.82, 2.24) is 4.31 Å². The summed E-state index contributed by atoms with van der Waals surface area (Å²) in [5.41, 5.74) is 7.28. The summed E-state index contributed by atoms with van der Waals surface area (Å²) in [4.78, 5) is 0.304. The second-order valence-corrected chi connectivity index (χ2v) is 8.34. The van der Waals surface area contributed by atoms with Gasteiger partial charge >= 0.3 is 0 Å². The average molecular weight is 356 g/mol. The number of hydrogen-bond donors (Lipinski definition) is 1. The Hall–Kier alpha value is -1.13. The second-order valence-electron chi connectivity index (χ2n) is 6.43. The predicted molar refractivity (Wildman–Crippen MR) is 90.7 cm³/mol. The number of rotatable bonds is 2. The average Bonchev–Trinajstić information content (AvgIpc) is 2.93. The Morgan fingerprint density at radius 2 is 2.04 bits per heavy atom. The molecule has 3 unspecified atom stereocenters. The van der Waals surface area contributed by atoms with Gasteiger partial charge in [-0.3, -0.25) is 0 Å². The summed E-state index contributed by atoms with van der Waals surface area (Å²) in [6, 6.07) is 6.89. The monoisotopic (exact) mass is 355 g/mol. The number of nitrogens with zero attached hydrogens (tertiary/aromatic N) is 2. The van der Waals surface area contributed by atoms with Crippen molar-refractivity contribution in [3.05, 3.63) is 29.3 Å². The molecule has 0 bridgehead atoms. The Morgan fingerprint density at radius 1 is 1.30 bits per heavy atom. The van der Waals surface area contributed by atoms with Crippen LogP contribution in [0.4, 0.5) is 0 Å². The highest BCUT2D eigenvalue weighted by molar-refractivity contribution is 7.89. The van der Waals surface area contributed by atoms with Gasteiger partial charge in [-0.25, -0.2) is 8.42 Å². The van der Waals surface area contributed by atoms with E-state index in [0.29, 0.717) is 35.0 Å². The molecule has 5 nitrogen and oxygen atoms in total. The van der Waals surface area contributed by atoms with E-state index in [-0.39, 0.29) is 24.4 Å². The molecule has 0 radical (unpaired) electrons. The summed E-state index contributed by atoms with van der Waals surface area (Å²) in [6.45, 7) is 2.83. The van der Waals surface area contributed by atoms with Gasteiger partial charge in [0.05, 0.1) is 16.5 Å². The highest BCUT2D eigenvalue weighted by Crippen LogP contribution is 2.38. The van der Waals surface area contributed by atoms with Crippen molar-refractivity contribution in [2.45, 2.75) is 37.1 Å². The Morgan fingerprint density at radius 3 is 2.65 bits per heavy atom. The SMILES string of the molecule is Cc1cc(C#N)ccc1S(=O)(=O)N1CC2CCCC(N)C2C1.Cl. The van der Waals surface area contributed by atoms with E-state index < -0.39 is 10.0 Å². The van der Waals surface area contributed by atoms with Gasteiger partial charge in [0.25, 0.3) is 0 Å². The third-order valence-corrected chi connectivity index (χ3v) is 7.03. The van der Waals surface area contributed by atoms with Crippen molar-refractivity contribution >= 4 is 22.4 Å². The highest BCUT2D eigenvalue weighted by atomic mass is 35.5. The highest BCUT2D eigenvalue weighted by Gasteiger charge is 2.43. The Balaban J connectivity index is 0.00000192. The van der Waals surface area contributed by atoms with Gasteiger partial charge in [-0.1, -0.05) is 6.42 Å². The standard InChI is InChI=1S/C16H21N3O2S.ClH/c1-11-7-12(8-17)5-6-16(11)22(20,21)19-9-13-3-2-4-15(18)14(13)10-19;/h5-7,13-15H,2-4,9-10,18H2,1H3;1H. The Bertz CT molecular complexity index is 729. The number of nitriles is 1. The molecular formula is C16H22ClN3O2S. The lowest BCUT2D eigenvalue weighted by molar-refractivity contribution is 0.260. The van der Waals surface area contributed by atoms with Crippen molar-refractivity contribution in [2.75, 3.05) is 13.1 Å². The molecule has 0 amide bonds. The maximum atomic E-state index is 12.9. The fourth-order valence-corrected chi connectivity index (χ4v) is 5.56. The summed E-state index contributed by atoms with van der Waals surface area (Å²) in [5.74, 6) is 0.666. The molecule has 23 heavy (non-hydrogen) atoms. The first-order valence-corrected chi connectivity index (χ1v) is 9.14. The van der Waals surface area contributed by atoms with Crippen LogP contribution in [0, 0.1) is 30.1 Å². The molecule has 7 heteroatoms. The molecule has 1 saturated heterocycles. The molecule has 3 rings (SSSR count). The first kappa shape index (κ1) is 18.2. The van der Waals surface area contributed by atoms with Gasteiger partial charge in [0.1, 0.15) is 0 Å². The van der Waals surface area contributed by atoms with Crippen molar-refractivity contribution in [2.24, 2.45) is 17.6 Å². The van der Waals surface area contributed by atoms with E-state index in [4.69, 9.17) is 11.0 Å². The van der Waals surface area contributed by atoms with Crippen LogP contribution >= 0.6 is 12.4 Å². The van der Waals surface area contributed by atoms with E-state index in [1.807, 2.05) is 6.07 Å². The molecule has 2 N–H and O–H groups in total. The van der Waals surface area contributed by atoms with Gasteiger partial charge in [0.15, 0.2) is 0 Å². The molecule has 3 atom stereocenters. The third-order valence-electron chi connectivity index (χ3n) is 5.04. The Kier molecular flexibility index (Phi) is 5.37. The molecule has 126 valence electrons. The zero-order valence-electron chi connectivity index (χ0n) is 13.1. The van der Waals surface area contributed by atoms with E-state index >= 15 is 0 Å². The normalized spacial score (nSPS) is 27.8. The van der Waals surface area contributed by atoms with E-state index in [1.54, 1.807) is 29.4 Å². The third kappa shape index (κ3) is 3.24. The number of fused-ring (bicyclic) bond motifs is 1. The van der Waals surface area contributed by atoms with Crippen molar-refractivity contribution in [1.29, 1.82) is 5.26 Å². The summed E-state index contributed by atoms with van der Waals surface area (Å²) in [7, 11) is -3.51. The van der Waals surface area contributed by atoms with Gasteiger partial charge in [0.2, 0.25) is 10.0 Å². The molecule has 1 saturated carbocycles. The van der Waals surface area contributed by atoms with Gasteiger partial charge < -0.3 is 5.73 Å². The topological polar surface area (TPSA) is 87.2 Å². The first-order chi connectivity index (χ1) is 10.4. The smallest absolute Gasteiger partial charge is 0.243 e. The lowest BCUT2D eigenvalue weighted by atomic mass is 9.78. The summed E-state index contributed by atoms with van der Waals surface area (Å²) < 4.78 is 27.4. The molecule has 1 aliphatic heterocycles.